The van der Waals surface area contributed by atoms with Crippen LogP contribution < -0.4 is 15.4 Å². The number of aromatic nitrogens is 1. The first kappa shape index (κ1) is 14.4. The van der Waals surface area contributed by atoms with Crippen LogP contribution in [-0.2, 0) is 0 Å². The van der Waals surface area contributed by atoms with Crippen molar-refractivity contribution in [1.29, 1.82) is 0 Å². The van der Waals surface area contributed by atoms with E-state index in [4.69, 9.17) is 10.5 Å². The first-order valence-corrected chi connectivity index (χ1v) is 7.75. The quantitative estimate of drug-likeness (QED) is 0.904. The molecule has 1 unspecified atom stereocenters. The third-order valence-corrected chi connectivity index (χ3v) is 5.01. The van der Waals surface area contributed by atoms with Gasteiger partial charge in [-0.1, -0.05) is 20.8 Å². The third-order valence-electron chi connectivity index (χ3n) is 4.10. The maximum Gasteiger partial charge on any atom is 0.197 e. The van der Waals surface area contributed by atoms with Crippen LogP contribution in [0.15, 0.2) is 0 Å². The largest absolute Gasteiger partial charge is 0.490 e. The first-order chi connectivity index (χ1) is 8.93. The molecule has 4 nitrogen and oxygen atoms in total. The highest BCUT2D eigenvalue weighted by Gasteiger charge is 2.28. The summed E-state index contributed by atoms with van der Waals surface area (Å²) in [6.45, 7) is 9.18. The summed E-state index contributed by atoms with van der Waals surface area (Å²) in [5.74, 6) is 2.05. The fourth-order valence-corrected chi connectivity index (χ4v) is 3.68. The van der Waals surface area contributed by atoms with E-state index in [1.165, 1.54) is 30.8 Å². The van der Waals surface area contributed by atoms with Gasteiger partial charge in [0.25, 0.3) is 0 Å². The van der Waals surface area contributed by atoms with Crippen LogP contribution in [0.2, 0.25) is 0 Å². The Hall–Kier alpha value is -0.970. The van der Waals surface area contributed by atoms with Gasteiger partial charge in [0, 0.05) is 13.1 Å². The van der Waals surface area contributed by atoms with Gasteiger partial charge in [0.05, 0.1) is 7.11 Å². The maximum atomic E-state index is 5.84. The normalized spacial score (nSPS) is 21.3. The Morgan fingerprint density at radius 1 is 1.32 bits per heavy atom. The molecule has 1 atom stereocenters. The Balaban J connectivity index is 2.11. The lowest BCUT2D eigenvalue weighted by Crippen LogP contribution is -2.25. The first-order valence-electron chi connectivity index (χ1n) is 6.97. The molecule has 108 valence electrons. The SMILES string of the molecule is COc1c(N)nsc1N1CCCC(C(C)(C)C)CC1. The summed E-state index contributed by atoms with van der Waals surface area (Å²) in [4.78, 5) is 2.39. The van der Waals surface area contributed by atoms with Crippen molar-refractivity contribution in [3.63, 3.8) is 0 Å². The van der Waals surface area contributed by atoms with Crippen LogP contribution in [0.5, 0.6) is 5.75 Å². The number of nitrogens with zero attached hydrogens (tertiary/aromatic N) is 2. The minimum Gasteiger partial charge on any atom is -0.490 e. The summed E-state index contributed by atoms with van der Waals surface area (Å²) in [6, 6.07) is 0. The average Bonchev–Trinajstić information content (AvgIpc) is 2.57. The summed E-state index contributed by atoms with van der Waals surface area (Å²) in [7, 11) is 1.67. The average molecular weight is 283 g/mol. The third kappa shape index (κ3) is 3.14. The molecule has 0 aliphatic carbocycles. The molecule has 1 aliphatic rings. The number of methoxy groups -OCH3 is 1. The van der Waals surface area contributed by atoms with Crippen molar-refractivity contribution in [3.8, 4) is 5.75 Å². The molecule has 5 heteroatoms. The van der Waals surface area contributed by atoms with E-state index in [-0.39, 0.29) is 0 Å². The summed E-state index contributed by atoms with van der Waals surface area (Å²) in [6.07, 6.45) is 3.75. The van der Waals surface area contributed by atoms with Crippen molar-refractivity contribution >= 4 is 22.4 Å². The maximum absolute atomic E-state index is 5.84. The minimum atomic E-state index is 0.396. The minimum absolute atomic E-state index is 0.396. The van der Waals surface area contributed by atoms with Gasteiger partial charge in [0.15, 0.2) is 16.6 Å². The van der Waals surface area contributed by atoms with Gasteiger partial charge in [0.2, 0.25) is 0 Å². The molecule has 1 fully saturated rings. The van der Waals surface area contributed by atoms with Crippen molar-refractivity contribution in [2.45, 2.75) is 40.0 Å². The lowest BCUT2D eigenvalue weighted by Gasteiger charge is -2.29. The smallest absolute Gasteiger partial charge is 0.197 e. The fraction of sp³-hybridized carbons (Fsp3) is 0.786. The van der Waals surface area contributed by atoms with E-state index < -0.39 is 0 Å². The second kappa shape index (κ2) is 5.57. The van der Waals surface area contributed by atoms with Crippen molar-refractivity contribution in [2.24, 2.45) is 11.3 Å². The van der Waals surface area contributed by atoms with Gasteiger partial charge in [-0.3, -0.25) is 0 Å². The van der Waals surface area contributed by atoms with Crippen LogP contribution in [0.25, 0.3) is 0 Å². The van der Waals surface area contributed by atoms with E-state index in [0.717, 1.165) is 29.8 Å². The molecule has 2 rings (SSSR count). The molecule has 2 N–H and O–H groups in total. The standard InChI is InChI=1S/C14H25N3OS/c1-14(2,3)10-6-5-8-17(9-7-10)13-11(18-4)12(15)16-19-13/h10H,5-9H2,1-4H3,(H2,15,16). The molecule has 1 aromatic rings. The Kier molecular flexibility index (Phi) is 4.23. The summed E-state index contributed by atoms with van der Waals surface area (Å²) in [5.41, 5.74) is 6.24. The van der Waals surface area contributed by atoms with E-state index in [2.05, 4.69) is 30.0 Å². The number of hydrogen-bond acceptors (Lipinski definition) is 5. The fourth-order valence-electron chi connectivity index (χ4n) is 2.84. The van der Waals surface area contributed by atoms with Crippen LogP contribution in [0.3, 0.4) is 0 Å². The van der Waals surface area contributed by atoms with Gasteiger partial charge in [-0.15, -0.1) is 0 Å². The number of nitrogen functional groups attached to an aromatic ring is 1. The van der Waals surface area contributed by atoms with Crippen molar-refractivity contribution < 1.29 is 4.74 Å². The van der Waals surface area contributed by atoms with E-state index in [0.29, 0.717) is 11.2 Å². The summed E-state index contributed by atoms with van der Waals surface area (Å²) >= 11 is 1.45. The lowest BCUT2D eigenvalue weighted by molar-refractivity contribution is 0.220. The Morgan fingerprint density at radius 2 is 2.05 bits per heavy atom. The second-order valence-electron chi connectivity index (χ2n) is 6.39. The Labute approximate surface area is 120 Å². The van der Waals surface area contributed by atoms with Crippen LogP contribution in [0.4, 0.5) is 10.8 Å². The van der Waals surface area contributed by atoms with Gasteiger partial charge in [0.1, 0.15) is 0 Å². The van der Waals surface area contributed by atoms with Gasteiger partial charge < -0.3 is 15.4 Å². The van der Waals surface area contributed by atoms with Crippen LogP contribution >= 0.6 is 11.5 Å². The highest BCUT2D eigenvalue weighted by Crippen LogP contribution is 2.41. The monoisotopic (exact) mass is 283 g/mol. The highest BCUT2D eigenvalue weighted by atomic mass is 32.1. The second-order valence-corrected chi connectivity index (χ2v) is 7.14. The van der Waals surface area contributed by atoms with Gasteiger partial charge >= 0.3 is 0 Å². The number of hydrogen-bond donors (Lipinski definition) is 1. The molecule has 1 aromatic heterocycles. The molecule has 0 saturated carbocycles. The van der Waals surface area contributed by atoms with Crippen molar-refractivity contribution in [3.05, 3.63) is 0 Å². The molecule has 0 bridgehead atoms. The van der Waals surface area contributed by atoms with Crippen molar-refractivity contribution in [2.75, 3.05) is 30.8 Å². The topological polar surface area (TPSA) is 51.4 Å². The zero-order valence-corrected chi connectivity index (χ0v) is 13.2. The Bertz CT molecular complexity index is 425. The lowest BCUT2D eigenvalue weighted by atomic mass is 9.77. The molecule has 1 saturated heterocycles. The van der Waals surface area contributed by atoms with E-state index in [9.17, 15) is 0 Å². The molecule has 0 radical (unpaired) electrons. The molecule has 1 aliphatic heterocycles. The zero-order chi connectivity index (χ0) is 14.0. The molecule has 0 spiro atoms. The zero-order valence-electron chi connectivity index (χ0n) is 12.4. The number of rotatable bonds is 2. The van der Waals surface area contributed by atoms with Gasteiger partial charge in [-0.2, -0.15) is 4.37 Å². The number of anilines is 2. The number of nitrogens with two attached hydrogens (primary N) is 1. The summed E-state index contributed by atoms with van der Waals surface area (Å²) in [5, 5.41) is 1.09. The Morgan fingerprint density at radius 3 is 2.68 bits per heavy atom. The number of ether oxygens (including phenoxy) is 1. The predicted octanol–water partition coefficient (Wildman–Crippen LogP) is 3.39. The molecular formula is C14H25N3OS. The van der Waals surface area contributed by atoms with Crippen LogP contribution in [-0.4, -0.2) is 24.6 Å². The van der Waals surface area contributed by atoms with E-state index in [1.54, 1.807) is 7.11 Å². The molecule has 19 heavy (non-hydrogen) atoms. The molecule has 0 aromatic carbocycles. The predicted molar refractivity (Wildman–Crippen MR) is 82.1 cm³/mol. The molecule has 0 amide bonds. The van der Waals surface area contributed by atoms with Gasteiger partial charge in [-0.05, 0) is 42.1 Å². The van der Waals surface area contributed by atoms with E-state index in [1.807, 2.05) is 0 Å². The van der Waals surface area contributed by atoms with Crippen molar-refractivity contribution in [1.82, 2.24) is 4.37 Å². The van der Waals surface area contributed by atoms with E-state index >= 15 is 0 Å². The molecule has 2 heterocycles. The molecular weight excluding hydrogens is 258 g/mol. The summed E-state index contributed by atoms with van der Waals surface area (Å²) < 4.78 is 9.60. The van der Waals surface area contributed by atoms with Gasteiger partial charge in [-0.25, -0.2) is 0 Å². The van der Waals surface area contributed by atoms with Crippen LogP contribution in [0, 0.1) is 11.3 Å². The van der Waals surface area contributed by atoms with Crippen LogP contribution in [0.1, 0.15) is 40.0 Å². The highest BCUT2D eigenvalue weighted by molar-refractivity contribution is 7.11.